The Kier molecular flexibility index (Phi) is 6.15. The van der Waals surface area contributed by atoms with E-state index in [4.69, 9.17) is 0 Å². The highest BCUT2D eigenvalue weighted by atomic mass is 32.2. The van der Waals surface area contributed by atoms with Gasteiger partial charge in [0.25, 0.3) is 5.91 Å². The number of halogens is 3. The summed E-state index contributed by atoms with van der Waals surface area (Å²) in [5.41, 5.74) is 2.37. The summed E-state index contributed by atoms with van der Waals surface area (Å²) in [7, 11) is 0. The number of carbonyl (C=O) groups excluding carboxylic acids is 1. The van der Waals surface area contributed by atoms with E-state index < -0.39 is 11.9 Å². The van der Waals surface area contributed by atoms with Crippen molar-refractivity contribution in [1.82, 2.24) is 19.6 Å². The molecule has 2 aliphatic rings. The first-order valence-electron chi connectivity index (χ1n) is 10.3. The number of pyridine rings is 1. The van der Waals surface area contributed by atoms with E-state index in [0.717, 1.165) is 54.4 Å². The molecule has 3 heterocycles. The highest BCUT2D eigenvalue weighted by Gasteiger charge is 2.36. The van der Waals surface area contributed by atoms with Crippen LogP contribution in [0.3, 0.4) is 0 Å². The molecule has 1 amide bonds. The van der Waals surface area contributed by atoms with E-state index in [-0.39, 0.29) is 5.91 Å². The minimum absolute atomic E-state index is 0.0129. The Hall–Kier alpha value is -1.94. The second-order valence-electron chi connectivity index (χ2n) is 7.96. The molecule has 1 saturated carbocycles. The number of rotatable bonds is 6. The standard InChI is InChI=1S/C20H26F3N5OS/c1-2-27-12-28(17-15-7-8-24-18(15)25-10-16(17)19(27)29)14-5-3-13(4-6-14)9-26-30-11-20(21,22)23/h7-8,10,13-14,26H,2-6,9,11-12H2,1H3,(H,24,25)/t13-,14-. The third-order valence-electron chi connectivity index (χ3n) is 6.03. The lowest BCUT2D eigenvalue weighted by molar-refractivity contribution is -0.105. The molecule has 1 aliphatic carbocycles. The molecule has 0 bridgehead atoms. The highest BCUT2D eigenvalue weighted by Crippen LogP contribution is 2.38. The largest absolute Gasteiger partial charge is 0.399 e. The quantitative estimate of drug-likeness (QED) is 0.521. The first-order chi connectivity index (χ1) is 14.4. The molecular weight excluding hydrogens is 415 g/mol. The van der Waals surface area contributed by atoms with E-state index in [0.29, 0.717) is 37.3 Å². The summed E-state index contributed by atoms with van der Waals surface area (Å²) in [6.45, 7) is 3.76. The number of H-pyrrole nitrogens is 1. The Morgan fingerprint density at radius 2 is 2.07 bits per heavy atom. The maximum absolute atomic E-state index is 12.9. The zero-order chi connectivity index (χ0) is 21.3. The SMILES string of the molecule is CCN1CN([C@H]2CC[C@H](CNSCC(F)(F)F)CC2)c2c(cnc3[nH]ccc23)C1=O. The van der Waals surface area contributed by atoms with Crippen LogP contribution >= 0.6 is 11.9 Å². The summed E-state index contributed by atoms with van der Waals surface area (Å²) >= 11 is 0.739. The van der Waals surface area contributed by atoms with Crippen molar-refractivity contribution in [3.63, 3.8) is 0 Å². The van der Waals surface area contributed by atoms with Crippen LogP contribution in [0.1, 0.15) is 43.0 Å². The van der Waals surface area contributed by atoms with Gasteiger partial charge in [-0.1, -0.05) is 11.9 Å². The number of hydrogen-bond donors (Lipinski definition) is 2. The molecule has 2 aromatic heterocycles. The molecule has 0 atom stereocenters. The lowest BCUT2D eigenvalue weighted by Gasteiger charge is -2.44. The van der Waals surface area contributed by atoms with Crippen LogP contribution < -0.4 is 9.62 Å². The van der Waals surface area contributed by atoms with Gasteiger partial charge in [0.05, 0.1) is 17.9 Å². The van der Waals surface area contributed by atoms with Gasteiger partial charge in [-0.25, -0.2) is 4.98 Å². The molecule has 0 unspecified atom stereocenters. The van der Waals surface area contributed by atoms with Gasteiger partial charge in [0.1, 0.15) is 11.4 Å². The molecular formula is C20H26F3N5OS. The van der Waals surface area contributed by atoms with Crippen LogP contribution in [0.25, 0.3) is 11.0 Å². The Morgan fingerprint density at radius 1 is 1.30 bits per heavy atom. The van der Waals surface area contributed by atoms with E-state index in [1.807, 2.05) is 24.1 Å². The van der Waals surface area contributed by atoms with E-state index >= 15 is 0 Å². The fourth-order valence-corrected chi connectivity index (χ4v) is 5.08. The molecule has 1 fully saturated rings. The normalized spacial score (nSPS) is 22.6. The minimum atomic E-state index is -4.14. The average Bonchev–Trinajstić information content (AvgIpc) is 3.20. The summed E-state index contributed by atoms with van der Waals surface area (Å²) in [6.07, 6.45) is 3.19. The van der Waals surface area contributed by atoms with Crippen LogP contribution in [0, 0.1) is 5.92 Å². The topological polar surface area (TPSA) is 64.3 Å². The van der Waals surface area contributed by atoms with Crippen LogP contribution in [0.4, 0.5) is 18.9 Å². The van der Waals surface area contributed by atoms with Gasteiger partial charge >= 0.3 is 6.18 Å². The molecule has 2 N–H and O–H groups in total. The fraction of sp³-hybridized carbons (Fsp3) is 0.600. The average molecular weight is 442 g/mol. The van der Waals surface area contributed by atoms with Crippen molar-refractivity contribution in [2.75, 3.05) is 30.4 Å². The van der Waals surface area contributed by atoms with E-state index in [2.05, 4.69) is 19.6 Å². The monoisotopic (exact) mass is 441 g/mol. The number of hydrogen-bond acceptors (Lipinski definition) is 5. The predicted octanol–water partition coefficient (Wildman–Crippen LogP) is 4.16. The predicted molar refractivity (Wildman–Crippen MR) is 112 cm³/mol. The van der Waals surface area contributed by atoms with Crippen molar-refractivity contribution in [2.45, 2.75) is 44.8 Å². The Bertz CT molecular complexity index is 894. The van der Waals surface area contributed by atoms with Gasteiger partial charge in [0.15, 0.2) is 0 Å². The van der Waals surface area contributed by atoms with Crippen molar-refractivity contribution in [1.29, 1.82) is 0 Å². The minimum Gasteiger partial charge on any atom is -0.349 e. The van der Waals surface area contributed by atoms with Crippen LogP contribution in [-0.2, 0) is 0 Å². The fourth-order valence-electron chi connectivity index (χ4n) is 4.46. The second kappa shape index (κ2) is 8.66. The highest BCUT2D eigenvalue weighted by molar-refractivity contribution is 7.97. The lowest BCUT2D eigenvalue weighted by Crippen LogP contribution is -2.51. The Balaban J connectivity index is 1.44. The maximum Gasteiger partial charge on any atom is 0.399 e. The van der Waals surface area contributed by atoms with E-state index in [9.17, 15) is 18.0 Å². The van der Waals surface area contributed by atoms with Crippen molar-refractivity contribution >= 4 is 34.6 Å². The number of amides is 1. The molecule has 2 aromatic rings. The van der Waals surface area contributed by atoms with Crippen LogP contribution in [0.2, 0.25) is 0 Å². The summed E-state index contributed by atoms with van der Waals surface area (Å²) < 4.78 is 39.7. The van der Waals surface area contributed by atoms with E-state index in [1.54, 1.807) is 6.20 Å². The number of fused-ring (bicyclic) bond motifs is 3. The van der Waals surface area contributed by atoms with Crippen molar-refractivity contribution < 1.29 is 18.0 Å². The van der Waals surface area contributed by atoms with Crippen LogP contribution in [0.15, 0.2) is 18.5 Å². The van der Waals surface area contributed by atoms with Crippen LogP contribution in [-0.4, -0.2) is 58.5 Å². The number of anilines is 1. The third kappa shape index (κ3) is 4.39. The molecule has 10 heteroatoms. The Morgan fingerprint density at radius 3 is 2.77 bits per heavy atom. The molecule has 30 heavy (non-hydrogen) atoms. The molecule has 0 radical (unpaired) electrons. The number of nitrogens with zero attached hydrogens (tertiary/aromatic N) is 3. The lowest BCUT2D eigenvalue weighted by atomic mass is 9.85. The van der Waals surface area contributed by atoms with Gasteiger partial charge in [-0.3, -0.25) is 9.52 Å². The molecule has 1 aliphatic heterocycles. The van der Waals surface area contributed by atoms with Gasteiger partial charge < -0.3 is 14.8 Å². The van der Waals surface area contributed by atoms with Gasteiger partial charge in [0.2, 0.25) is 0 Å². The third-order valence-corrected chi connectivity index (χ3v) is 6.88. The second-order valence-corrected chi connectivity index (χ2v) is 8.83. The number of alkyl halides is 3. The molecule has 4 rings (SSSR count). The van der Waals surface area contributed by atoms with Crippen molar-refractivity contribution in [3.05, 3.63) is 24.0 Å². The van der Waals surface area contributed by atoms with Gasteiger partial charge in [0, 0.05) is 36.9 Å². The molecule has 0 saturated heterocycles. The first kappa shape index (κ1) is 21.3. The summed E-state index contributed by atoms with van der Waals surface area (Å²) in [5.74, 6) is -0.479. The van der Waals surface area contributed by atoms with E-state index in [1.165, 1.54) is 0 Å². The van der Waals surface area contributed by atoms with Gasteiger partial charge in [-0.2, -0.15) is 13.2 Å². The number of nitrogens with one attached hydrogen (secondary N) is 2. The molecule has 0 spiro atoms. The zero-order valence-electron chi connectivity index (χ0n) is 16.8. The summed E-state index contributed by atoms with van der Waals surface area (Å²) in [6, 6.07) is 2.27. The molecule has 164 valence electrons. The Labute approximate surface area is 177 Å². The maximum atomic E-state index is 12.9. The van der Waals surface area contributed by atoms with Gasteiger partial charge in [-0.15, -0.1) is 0 Å². The molecule has 6 nitrogen and oxygen atoms in total. The van der Waals surface area contributed by atoms with Crippen molar-refractivity contribution in [3.8, 4) is 0 Å². The van der Waals surface area contributed by atoms with Crippen LogP contribution in [0.5, 0.6) is 0 Å². The zero-order valence-corrected chi connectivity index (χ0v) is 17.7. The number of carbonyl (C=O) groups is 1. The van der Waals surface area contributed by atoms with Gasteiger partial charge in [-0.05, 0) is 44.6 Å². The summed E-state index contributed by atoms with van der Waals surface area (Å²) in [4.78, 5) is 24.6. The number of aromatic amines is 1. The summed E-state index contributed by atoms with van der Waals surface area (Å²) in [5, 5.41) is 0.962. The van der Waals surface area contributed by atoms with Crippen molar-refractivity contribution in [2.24, 2.45) is 5.92 Å². The number of aromatic nitrogens is 2. The molecule has 0 aromatic carbocycles. The first-order valence-corrected chi connectivity index (χ1v) is 11.3. The smallest absolute Gasteiger partial charge is 0.349 e.